The highest BCUT2D eigenvalue weighted by Gasteiger charge is 2.13. The van der Waals surface area contributed by atoms with E-state index in [0.717, 1.165) is 5.69 Å². The highest BCUT2D eigenvalue weighted by atomic mass is 35.5. The minimum atomic E-state index is -0.867. The molecular weight excluding hydrogens is 301 g/mol. The van der Waals surface area contributed by atoms with E-state index in [0.29, 0.717) is 15.6 Å². The predicted octanol–water partition coefficient (Wildman–Crippen LogP) is 2.49. The van der Waals surface area contributed by atoms with Gasteiger partial charge in [-0.05, 0) is 30.7 Å². The number of amides is 1. The quantitative estimate of drug-likeness (QED) is 0.811. The maximum Gasteiger partial charge on any atom is 0.271 e. The fourth-order valence-electron chi connectivity index (χ4n) is 1.65. The molecule has 0 radical (unpaired) electrons. The van der Waals surface area contributed by atoms with Crippen molar-refractivity contribution in [2.24, 2.45) is 0 Å². The summed E-state index contributed by atoms with van der Waals surface area (Å²) in [5.74, 6) is -0.353. The minimum Gasteiger partial charge on any atom is -0.387 e. The monoisotopic (exact) mass is 313 g/mol. The second kappa shape index (κ2) is 6.26. The Morgan fingerprint density at radius 2 is 2.15 bits per heavy atom. The zero-order valence-electron chi connectivity index (χ0n) is 10.7. The molecule has 1 atom stereocenters. The normalized spacial score (nSPS) is 12.2. The summed E-state index contributed by atoms with van der Waals surface area (Å²) in [6.07, 6.45) is -0.867. The third-order valence-electron chi connectivity index (χ3n) is 2.72. The van der Waals surface area contributed by atoms with Gasteiger partial charge in [-0.25, -0.2) is 0 Å². The summed E-state index contributed by atoms with van der Waals surface area (Å²) >= 11 is 11.7. The van der Waals surface area contributed by atoms with Crippen LogP contribution in [0.2, 0.25) is 10.0 Å². The van der Waals surface area contributed by atoms with E-state index in [2.05, 4.69) is 15.5 Å². The van der Waals surface area contributed by atoms with Crippen LogP contribution in [0.5, 0.6) is 0 Å². The molecule has 0 saturated heterocycles. The van der Waals surface area contributed by atoms with Crippen LogP contribution >= 0.6 is 23.2 Å². The van der Waals surface area contributed by atoms with Crippen LogP contribution in [0.3, 0.4) is 0 Å². The average molecular weight is 314 g/mol. The number of nitrogens with one attached hydrogen (secondary N) is 2. The van der Waals surface area contributed by atoms with E-state index in [1.807, 2.05) is 0 Å². The van der Waals surface area contributed by atoms with E-state index in [9.17, 15) is 9.90 Å². The fourth-order valence-corrected chi connectivity index (χ4v) is 1.96. The average Bonchev–Trinajstić information content (AvgIpc) is 2.85. The molecule has 3 N–H and O–H groups in total. The second-order valence-electron chi connectivity index (χ2n) is 4.34. The van der Waals surface area contributed by atoms with Crippen molar-refractivity contribution in [3.05, 3.63) is 51.3 Å². The van der Waals surface area contributed by atoms with Crippen molar-refractivity contribution in [3.63, 3.8) is 0 Å². The molecule has 0 aliphatic heterocycles. The summed E-state index contributed by atoms with van der Waals surface area (Å²) in [5.41, 5.74) is 1.65. The Kier molecular flexibility index (Phi) is 4.65. The van der Waals surface area contributed by atoms with Gasteiger partial charge in [0.25, 0.3) is 5.91 Å². The maximum absolute atomic E-state index is 11.8. The van der Waals surface area contributed by atoms with Crippen LogP contribution in [0.25, 0.3) is 0 Å². The molecule has 2 rings (SSSR count). The van der Waals surface area contributed by atoms with Gasteiger partial charge in [0.05, 0.1) is 16.1 Å². The van der Waals surface area contributed by atoms with Gasteiger partial charge in [0.1, 0.15) is 5.69 Å². The first-order chi connectivity index (χ1) is 9.47. The lowest BCUT2D eigenvalue weighted by Gasteiger charge is -2.12. The lowest BCUT2D eigenvalue weighted by molar-refractivity contribution is 0.0911. The van der Waals surface area contributed by atoms with E-state index in [1.54, 1.807) is 31.2 Å². The Bertz CT molecular complexity index is 628. The first-order valence-electron chi connectivity index (χ1n) is 5.90. The minimum absolute atomic E-state index is 0.0582. The number of aromatic nitrogens is 2. The molecule has 0 aliphatic rings. The number of carbonyl (C=O) groups excluding carboxylic acids is 1. The van der Waals surface area contributed by atoms with Crippen molar-refractivity contribution in [1.29, 1.82) is 0 Å². The van der Waals surface area contributed by atoms with Crippen LogP contribution in [0, 0.1) is 6.92 Å². The molecule has 0 spiro atoms. The molecule has 106 valence electrons. The highest BCUT2D eigenvalue weighted by Crippen LogP contribution is 2.25. The summed E-state index contributed by atoms with van der Waals surface area (Å²) in [5, 5.41) is 19.9. The van der Waals surface area contributed by atoms with Gasteiger partial charge in [0.15, 0.2) is 0 Å². The maximum atomic E-state index is 11.8. The van der Waals surface area contributed by atoms with Crippen molar-refractivity contribution in [2.45, 2.75) is 13.0 Å². The van der Waals surface area contributed by atoms with Crippen LogP contribution < -0.4 is 5.32 Å². The number of hydrogen-bond donors (Lipinski definition) is 3. The number of H-pyrrole nitrogens is 1. The van der Waals surface area contributed by atoms with Gasteiger partial charge < -0.3 is 10.4 Å². The molecule has 5 nitrogen and oxygen atoms in total. The summed E-state index contributed by atoms with van der Waals surface area (Å²) in [4.78, 5) is 11.8. The molecule has 1 heterocycles. The molecule has 7 heteroatoms. The third kappa shape index (κ3) is 3.50. The molecule has 1 amide bonds. The number of carbonyl (C=O) groups is 1. The van der Waals surface area contributed by atoms with Crippen LogP contribution in [-0.2, 0) is 0 Å². The van der Waals surface area contributed by atoms with Crippen LogP contribution in [0.15, 0.2) is 24.3 Å². The molecule has 2 aromatic rings. The summed E-state index contributed by atoms with van der Waals surface area (Å²) in [7, 11) is 0. The predicted molar refractivity (Wildman–Crippen MR) is 77.1 cm³/mol. The van der Waals surface area contributed by atoms with Crippen LogP contribution in [0.4, 0.5) is 0 Å². The van der Waals surface area contributed by atoms with Gasteiger partial charge in [-0.2, -0.15) is 5.10 Å². The molecule has 0 aliphatic carbocycles. The second-order valence-corrected chi connectivity index (χ2v) is 5.15. The van der Waals surface area contributed by atoms with Crippen molar-refractivity contribution >= 4 is 29.1 Å². The Morgan fingerprint density at radius 3 is 2.75 bits per heavy atom. The molecular formula is C13H13Cl2N3O2. The first-order valence-corrected chi connectivity index (χ1v) is 6.66. The summed E-state index contributed by atoms with van der Waals surface area (Å²) < 4.78 is 0. The highest BCUT2D eigenvalue weighted by molar-refractivity contribution is 6.42. The molecule has 0 bridgehead atoms. The number of aromatic amines is 1. The standard InChI is InChI=1S/C13H13Cl2N3O2/c1-7-4-11(18-17-7)13(20)16-6-12(19)8-2-3-9(14)10(15)5-8/h2-5,12,19H,6H2,1H3,(H,16,20)(H,17,18). The number of hydrogen-bond acceptors (Lipinski definition) is 3. The lowest BCUT2D eigenvalue weighted by atomic mass is 10.1. The Balaban J connectivity index is 1.96. The number of aliphatic hydroxyl groups excluding tert-OH is 1. The number of halogens is 2. The van der Waals surface area contributed by atoms with Crippen molar-refractivity contribution in [2.75, 3.05) is 6.54 Å². The lowest BCUT2D eigenvalue weighted by Crippen LogP contribution is -2.28. The Morgan fingerprint density at radius 1 is 1.40 bits per heavy atom. The number of aliphatic hydroxyl groups is 1. The topological polar surface area (TPSA) is 78.0 Å². The molecule has 1 aromatic carbocycles. The zero-order valence-corrected chi connectivity index (χ0v) is 12.2. The van der Waals surface area contributed by atoms with Gasteiger partial charge in [0, 0.05) is 12.2 Å². The van der Waals surface area contributed by atoms with Crippen LogP contribution in [0.1, 0.15) is 27.8 Å². The van der Waals surface area contributed by atoms with Gasteiger partial charge in [-0.3, -0.25) is 9.89 Å². The molecule has 20 heavy (non-hydrogen) atoms. The van der Waals surface area contributed by atoms with Crippen molar-refractivity contribution in [1.82, 2.24) is 15.5 Å². The van der Waals surface area contributed by atoms with E-state index in [4.69, 9.17) is 23.2 Å². The van der Waals surface area contributed by atoms with Gasteiger partial charge in [-0.1, -0.05) is 29.3 Å². The first kappa shape index (κ1) is 14.8. The van der Waals surface area contributed by atoms with Crippen LogP contribution in [-0.4, -0.2) is 27.8 Å². The molecule has 0 fully saturated rings. The molecule has 0 saturated carbocycles. The van der Waals surface area contributed by atoms with Gasteiger partial charge >= 0.3 is 0 Å². The van der Waals surface area contributed by atoms with E-state index in [-0.39, 0.29) is 18.1 Å². The SMILES string of the molecule is Cc1cc(C(=O)NCC(O)c2ccc(Cl)c(Cl)c2)n[nH]1. The van der Waals surface area contributed by atoms with Crippen molar-refractivity contribution < 1.29 is 9.90 Å². The number of rotatable bonds is 4. The Labute approximate surface area is 125 Å². The van der Waals surface area contributed by atoms with Gasteiger partial charge in [-0.15, -0.1) is 0 Å². The molecule has 1 unspecified atom stereocenters. The zero-order chi connectivity index (χ0) is 14.7. The van der Waals surface area contributed by atoms with Crippen molar-refractivity contribution in [3.8, 4) is 0 Å². The molecule has 1 aromatic heterocycles. The smallest absolute Gasteiger partial charge is 0.271 e. The van der Waals surface area contributed by atoms with E-state index < -0.39 is 6.10 Å². The Hall–Kier alpha value is -1.56. The third-order valence-corrected chi connectivity index (χ3v) is 3.46. The van der Waals surface area contributed by atoms with E-state index in [1.165, 1.54) is 0 Å². The summed E-state index contributed by atoms with van der Waals surface area (Å²) in [6, 6.07) is 6.45. The number of benzene rings is 1. The summed E-state index contributed by atoms with van der Waals surface area (Å²) in [6.45, 7) is 1.86. The fraction of sp³-hybridized carbons (Fsp3) is 0.231. The number of aryl methyl sites for hydroxylation is 1. The largest absolute Gasteiger partial charge is 0.387 e. The van der Waals surface area contributed by atoms with Gasteiger partial charge in [0.2, 0.25) is 0 Å². The number of nitrogens with zero attached hydrogens (tertiary/aromatic N) is 1. The van der Waals surface area contributed by atoms with E-state index >= 15 is 0 Å².